The molecule has 1 aromatic carbocycles. The van der Waals surface area contributed by atoms with Gasteiger partial charge in [-0.15, -0.1) is 0 Å². The Balaban J connectivity index is 2.53. The maximum Gasteiger partial charge on any atom is 0.419 e. The summed E-state index contributed by atoms with van der Waals surface area (Å²) in [5.74, 6) is -1.48. The number of carbonyl (C=O) groups is 1. The van der Waals surface area contributed by atoms with Crippen molar-refractivity contribution < 1.29 is 14.3 Å². The molecule has 1 heterocycles. The molecule has 5 heteroatoms. The molecule has 0 aliphatic carbocycles. The van der Waals surface area contributed by atoms with Crippen molar-refractivity contribution in [1.29, 1.82) is 0 Å². The molecule has 0 aliphatic rings. The van der Waals surface area contributed by atoms with Crippen molar-refractivity contribution in [3.63, 3.8) is 0 Å². The first-order valence-electron chi connectivity index (χ1n) is 5.23. The number of nitrogens with zero attached hydrogens (tertiary/aromatic N) is 1. The minimum absolute atomic E-state index is 0.0815. The highest BCUT2D eigenvalue weighted by Crippen LogP contribution is 2.21. The molecule has 0 aliphatic heterocycles. The fourth-order valence-corrected chi connectivity index (χ4v) is 1.63. The molecule has 0 saturated carbocycles. The number of aromatic nitrogens is 1. The van der Waals surface area contributed by atoms with Crippen molar-refractivity contribution in [2.75, 3.05) is 0 Å². The van der Waals surface area contributed by atoms with Gasteiger partial charge in [-0.05, 0) is 26.0 Å². The lowest BCUT2D eigenvalue weighted by Crippen LogP contribution is -2.32. The van der Waals surface area contributed by atoms with Crippen LogP contribution in [0.4, 0.5) is 0 Å². The van der Waals surface area contributed by atoms with E-state index in [1.54, 1.807) is 38.1 Å². The molecule has 1 aromatic heterocycles. The summed E-state index contributed by atoms with van der Waals surface area (Å²) in [6.45, 7) is 3.23. The van der Waals surface area contributed by atoms with Crippen molar-refractivity contribution >= 4 is 17.1 Å². The average Bonchev–Trinajstić information content (AvgIpc) is 2.55. The number of aliphatic carboxylic acids is 1. The Morgan fingerprint density at radius 2 is 2.06 bits per heavy atom. The Bertz CT molecular complexity index is 621. The molecular weight excluding hydrogens is 222 g/mol. The highest BCUT2D eigenvalue weighted by molar-refractivity contribution is 5.75. The molecule has 0 saturated heterocycles. The molecule has 90 valence electrons. The number of fused-ring (bicyclic) bond motifs is 1. The molecule has 0 bridgehead atoms. The van der Waals surface area contributed by atoms with E-state index < -0.39 is 17.1 Å². The smallest absolute Gasteiger partial charge is 0.419 e. The number of benzene rings is 1. The van der Waals surface area contributed by atoms with Crippen LogP contribution in [0.1, 0.15) is 13.8 Å². The van der Waals surface area contributed by atoms with Gasteiger partial charge in [0.15, 0.2) is 5.58 Å². The third-order valence-electron chi connectivity index (χ3n) is 2.71. The molecular formula is C12H13NO4. The summed E-state index contributed by atoms with van der Waals surface area (Å²) < 4.78 is 6.39. The Kier molecular flexibility index (Phi) is 2.53. The van der Waals surface area contributed by atoms with Crippen molar-refractivity contribution in [1.82, 2.24) is 4.57 Å². The van der Waals surface area contributed by atoms with E-state index in [1.165, 1.54) is 4.57 Å². The van der Waals surface area contributed by atoms with Crippen LogP contribution < -0.4 is 5.76 Å². The van der Waals surface area contributed by atoms with E-state index in [0.29, 0.717) is 11.1 Å². The monoisotopic (exact) mass is 235 g/mol. The van der Waals surface area contributed by atoms with E-state index in [-0.39, 0.29) is 6.54 Å². The SMILES string of the molecule is CC(C)(Cn1c(=O)oc2ccccc21)C(=O)O. The van der Waals surface area contributed by atoms with Crippen LogP contribution in [0.3, 0.4) is 0 Å². The molecule has 0 fully saturated rings. The van der Waals surface area contributed by atoms with Gasteiger partial charge in [-0.25, -0.2) is 4.79 Å². The first-order chi connectivity index (χ1) is 7.92. The highest BCUT2D eigenvalue weighted by Gasteiger charge is 2.29. The molecule has 17 heavy (non-hydrogen) atoms. The highest BCUT2D eigenvalue weighted by atomic mass is 16.4. The Morgan fingerprint density at radius 3 is 2.71 bits per heavy atom. The third-order valence-corrected chi connectivity index (χ3v) is 2.71. The Labute approximate surface area is 97.3 Å². The lowest BCUT2D eigenvalue weighted by molar-refractivity contribution is -0.147. The first kappa shape index (κ1) is 11.4. The van der Waals surface area contributed by atoms with Gasteiger partial charge in [0.05, 0.1) is 10.9 Å². The van der Waals surface area contributed by atoms with Gasteiger partial charge in [-0.3, -0.25) is 9.36 Å². The zero-order chi connectivity index (χ0) is 12.6. The largest absolute Gasteiger partial charge is 0.481 e. The minimum Gasteiger partial charge on any atom is -0.481 e. The number of oxazole rings is 1. The van der Waals surface area contributed by atoms with Crippen LogP contribution in [-0.4, -0.2) is 15.6 Å². The molecule has 2 aromatic rings. The van der Waals surface area contributed by atoms with Gasteiger partial charge in [0.25, 0.3) is 0 Å². The van der Waals surface area contributed by atoms with Gasteiger partial charge in [-0.2, -0.15) is 0 Å². The second kappa shape index (κ2) is 3.76. The topological polar surface area (TPSA) is 72.4 Å². The van der Waals surface area contributed by atoms with Crippen LogP contribution in [0.15, 0.2) is 33.5 Å². The number of rotatable bonds is 3. The summed E-state index contributed by atoms with van der Waals surface area (Å²) in [5, 5.41) is 9.06. The van der Waals surface area contributed by atoms with Gasteiger partial charge >= 0.3 is 11.7 Å². The normalized spacial score (nSPS) is 11.9. The zero-order valence-corrected chi connectivity index (χ0v) is 9.64. The van der Waals surface area contributed by atoms with Crippen LogP contribution in [-0.2, 0) is 11.3 Å². The summed E-state index contributed by atoms with van der Waals surface area (Å²) in [7, 11) is 0. The van der Waals surface area contributed by atoms with Crippen molar-refractivity contribution in [2.45, 2.75) is 20.4 Å². The lowest BCUT2D eigenvalue weighted by Gasteiger charge is -2.18. The number of hydrogen-bond donors (Lipinski definition) is 1. The van der Waals surface area contributed by atoms with E-state index in [1.807, 2.05) is 0 Å². The third kappa shape index (κ3) is 1.95. The summed E-state index contributed by atoms with van der Waals surface area (Å²) >= 11 is 0. The van der Waals surface area contributed by atoms with Crippen LogP contribution >= 0.6 is 0 Å². The molecule has 0 atom stereocenters. The van der Waals surface area contributed by atoms with Gasteiger partial charge in [0, 0.05) is 6.54 Å². The van der Waals surface area contributed by atoms with E-state index in [2.05, 4.69) is 0 Å². The fraction of sp³-hybridized carbons (Fsp3) is 0.333. The average molecular weight is 235 g/mol. The first-order valence-corrected chi connectivity index (χ1v) is 5.23. The van der Waals surface area contributed by atoms with Gasteiger partial charge in [0.1, 0.15) is 0 Å². The standard InChI is InChI=1S/C12H13NO4/c1-12(2,10(14)15)7-13-8-5-3-4-6-9(8)17-11(13)16/h3-6H,7H2,1-2H3,(H,14,15). The lowest BCUT2D eigenvalue weighted by atomic mass is 9.94. The molecule has 0 radical (unpaired) electrons. The van der Waals surface area contributed by atoms with Crippen LogP contribution in [0.2, 0.25) is 0 Å². The number of carboxylic acid groups (broad SMARTS) is 1. The van der Waals surface area contributed by atoms with E-state index in [4.69, 9.17) is 9.52 Å². The summed E-state index contributed by atoms with van der Waals surface area (Å²) in [6.07, 6.45) is 0. The number of hydrogen-bond acceptors (Lipinski definition) is 3. The summed E-state index contributed by atoms with van der Waals surface area (Å²) in [6, 6.07) is 6.96. The predicted octanol–water partition coefficient (Wildman–Crippen LogP) is 1.71. The summed E-state index contributed by atoms with van der Waals surface area (Å²) in [4.78, 5) is 22.7. The fourth-order valence-electron chi connectivity index (χ4n) is 1.63. The van der Waals surface area contributed by atoms with Crippen molar-refractivity contribution in [2.24, 2.45) is 5.41 Å². The van der Waals surface area contributed by atoms with Crippen LogP contribution in [0, 0.1) is 5.41 Å². The molecule has 2 rings (SSSR count). The van der Waals surface area contributed by atoms with Crippen LogP contribution in [0.25, 0.3) is 11.1 Å². The summed E-state index contributed by atoms with van der Waals surface area (Å²) in [5.41, 5.74) is 0.0710. The maximum atomic E-state index is 11.6. The minimum atomic E-state index is -1.02. The van der Waals surface area contributed by atoms with Crippen molar-refractivity contribution in [3.05, 3.63) is 34.8 Å². The Hall–Kier alpha value is -2.04. The van der Waals surface area contributed by atoms with E-state index in [0.717, 1.165) is 0 Å². The molecule has 1 N–H and O–H groups in total. The second-order valence-corrected chi connectivity index (χ2v) is 4.61. The molecule has 0 amide bonds. The number of para-hydroxylation sites is 2. The quantitative estimate of drug-likeness (QED) is 0.878. The number of carboxylic acids is 1. The molecule has 0 unspecified atom stereocenters. The van der Waals surface area contributed by atoms with E-state index >= 15 is 0 Å². The molecule has 0 spiro atoms. The van der Waals surface area contributed by atoms with Gasteiger partial charge < -0.3 is 9.52 Å². The second-order valence-electron chi connectivity index (χ2n) is 4.61. The predicted molar refractivity (Wildman–Crippen MR) is 61.9 cm³/mol. The zero-order valence-electron chi connectivity index (χ0n) is 9.64. The molecule has 5 nitrogen and oxygen atoms in total. The Morgan fingerprint density at radius 1 is 1.41 bits per heavy atom. The van der Waals surface area contributed by atoms with Crippen molar-refractivity contribution in [3.8, 4) is 0 Å². The maximum absolute atomic E-state index is 11.6. The van der Waals surface area contributed by atoms with Gasteiger partial charge in [-0.1, -0.05) is 12.1 Å². The van der Waals surface area contributed by atoms with E-state index in [9.17, 15) is 9.59 Å². The van der Waals surface area contributed by atoms with Gasteiger partial charge in [0.2, 0.25) is 0 Å². The van der Waals surface area contributed by atoms with Crippen LogP contribution in [0.5, 0.6) is 0 Å².